The summed E-state index contributed by atoms with van der Waals surface area (Å²) in [4.78, 5) is 21.9. The van der Waals surface area contributed by atoms with Crippen LogP contribution in [0.25, 0.3) is 0 Å². The number of carbonyl (C=O) groups excluding carboxylic acids is 1. The molecule has 0 bridgehead atoms. The Hall–Kier alpha value is -1.58. The second-order valence-electron chi connectivity index (χ2n) is 6.46. The van der Waals surface area contributed by atoms with Gasteiger partial charge in [-0.3, -0.25) is 4.79 Å². The summed E-state index contributed by atoms with van der Waals surface area (Å²) < 4.78 is 0. The van der Waals surface area contributed by atoms with Crippen molar-refractivity contribution in [3.8, 4) is 0 Å². The first-order valence-electron chi connectivity index (χ1n) is 8.22. The summed E-state index contributed by atoms with van der Waals surface area (Å²) in [6.45, 7) is 8.13. The summed E-state index contributed by atoms with van der Waals surface area (Å²) in [5.74, 6) is 1.47. The minimum Gasteiger partial charge on any atom is -0.356 e. The highest BCUT2D eigenvalue weighted by atomic mass is 16.2. The monoisotopic (exact) mass is 287 g/mol. The molecule has 2 aliphatic heterocycles. The number of nitrogens with zero attached hydrogens (tertiary/aromatic N) is 3. The summed E-state index contributed by atoms with van der Waals surface area (Å²) >= 11 is 0. The lowest BCUT2D eigenvalue weighted by Gasteiger charge is -2.23. The number of aromatic nitrogens is 1. The van der Waals surface area contributed by atoms with Crippen molar-refractivity contribution in [2.75, 3.05) is 31.1 Å². The van der Waals surface area contributed by atoms with Gasteiger partial charge in [0, 0.05) is 31.9 Å². The zero-order chi connectivity index (χ0) is 14.8. The van der Waals surface area contributed by atoms with E-state index in [-0.39, 0.29) is 5.91 Å². The van der Waals surface area contributed by atoms with Crippen LogP contribution in [0.3, 0.4) is 0 Å². The van der Waals surface area contributed by atoms with Gasteiger partial charge in [0.15, 0.2) is 0 Å². The molecule has 3 heterocycles. The Morgan fingerprint density at radius 3 is 2.29 bits per heavy atom. The summed E-state index contributed by atoms with van der Waals surface area (Å²) in [6, 6.07) is 4.02. The molecule has 1 aromatic rings. The fourth-order valence-electron chi connectivity index (χ4n) is 3.21. The molecule has 0 atom stereocenters. The van der Waals surface area contributed by atoms with E-state index in [0.717, 1.165) is 56.1 Å². The predicted molar refractivity (Wildman–Crippen MR) is 84.9 cm³/mol. The summed E-state index contributed by atoms with van der Waals surface area (Å²) in [6.07, 6.45) is 4.65. The van der Waals surface area contributed by atoms with Crippen LogP contribution in [-0.2, 0) is 0 Å². The average Bonchev–Trinajstić information content (AvgIpc) is 3.18. The fraction of sp³-hybridized carbons (Fsp3) is 0.647. The highest BCUT2D eigenvalue weighted by Gasteiger charge is 2.26. The van der Waals surface area contributed by atoms with E-state index in [9.17, 15) is 4.79 Å². The molecule has 0 radical (unpaired) electrons. The third kappa shape index (κ3) is 2.89. The maximum absolute atomic E-state index is 12.8. The lowest BCUT2D eigenvalue weighted by atomic mass is 10.1. The first-order chi connectivity index (χ1) is 10.2. The van der Waals surface area contributed by atoms with Crippen molar-refractivity contribution >= 4 is 11.7 Å². The average molecular weight is 287 g/mol. The smallest absolute Gasteiger partial charge is 0.257 e. The van der Waals surface area contributed by atoms with Crippen molar-refractivity contribution < 1.29 is 4.79 Å². The second-order valence-corrected chi connectivity index (χ2v) is 6.46. The van der Waals surface area contributed by atoms with Crippen LogP contribution in [0.4, 0.5) is 5.82 Å². The minimum absolute atomic E-state index is 0.164. The van der Waals surface area contributed by atoms with Crippen LogP contribution in [0.15, 0.2) is 12.1 Å². The lowest BCUT2D eigenvalue weighted by molar-refractivity contribution is 0.0793. The first kappa shape index (κ1) is 14.4. The van der Waals surface area contributed by atoms with Gasteiger partial charge in [0.2, 0.25) is 0 Å². The quantitative estimate of drug-likeness (QED) is 0.857. The van der Waals surface area contributed by atoms with Gasteiger partial charge >= 0.3 is 0 Å². The predicted octanol–water partition coefficient (Wildman–Crippen LogP) is 3.04. The molecule has 4 nitrogen and oxygen atoms in total. The van der Waals surface area contributed by atoms with Crippen molar-refractivity contribution in [1.82, 2.24) is 9.88 Å². The molecule has 0 aromatic carbocycles. The Balaban J connectivity index is 1.95. The Bertz CT molecular complexity index is 515. The summed E-state index contributed by atoms with van der Waals surface area (Å²) in [5.41, 5.74) is 1.87. The standard InChI is InChI=1S/C17H25N3O/c1-13(2)15-8-7-14(17(21)20-11-5-6-12-20)16(18-15)19-9-3-4-10-19/h7-8,13H,3-6,9-12H2,1-2H3. The van der Waals surface area contributed by atoms with E-state index >= 15 is 0 Å². The second kappa shape index (κ2) is 6.04. The van der Waals surface area contributed by atoms with E-state index in [1.54, 1.807) is 0 Å². The summed E-state index contributed by atoms with van der Waals surface area (Å²) in [5, 5.41) is 0. The molecule has 1 amide bonds. The molecule has 2 saturated heterocycles. The van der Waals surface area contributed by atoms with Crippen molar-refractivity contribution in [2.24, 2.45) is 0 Å². The molecule has 0 spiro atoms. The van der Waals surface area contributed by atoms with Crippen LogP contribution in [0.2, 0.25) is 0 Å². The van der Waals surface area contributed by atoms with Gasteiger partial charge in [0.1, 0.15) is 5.82 Å². The van der Waals surface area contributed by atoms with E-state index in [0.29, 0.717) is 5.92 Å². The molecule has 0 unspecified atom stereocenters. The van der Waals surface area contributed by atoms with Crippen molar-refractivity contribution in [1.29, 1.82) is 0 Å². The van der Waals surface area contributed by atoms with Gasteiger partial charge in [-0.2, -0.15) is 0 Å². The number of anilines is 1. The van der Waals surface area contributed by atoms with E-state index in [1.165, 1.54) is 12.8 Å². The molecule has 2 aliphatic rings. The molecule has 114 valence electrons. The summed E-state index contributed by atoms with van der Waals surface area (Å²) in [7, 11) is 0. The molecule has 0 aliphatic carbocycles. The van der Waals surface area contributed by atoms with Gasteiger partial charge in [-0.25, -0.2) is 4.98 Å². The maximum atomic E-state index is 12.8. The largest absolute Gasteiger partial charge is 0.356 e. The van der Waals surface area contributed by atoms with Gasteiger partial charge in [0.25, 0.3) is 5.91 Å². The van der Waals surface area contributed by atoms with E-state index in [4.69, 9.17) is 4.98 Å². The van der Waals surface area contributed by atoms with Crippen molar-refractivity contribution in [3.05, 3.63) is 23.4 Å². The normalized spacial score (nSPS) is 18.8. The van der Waals surface area contributed by atoms with Gasteiger partial charge in [-0.05, 0) is 43.7 Å². The van der Waals surface area contributed by atoms with Gasteiger partial charge < -0.3 is 9.80 Å². The number of hydrogen-bond acceptors (Lipinski definition) is 3. The molecule has 2 fully saturated rings. The van der Waals surface area contributed by atoms with Crippen molar-refractivity contribution in [2.45, 2.75) is 45.4 Å². The molecular weight excluding hydrogens is 262 g/mol. The third-order valence-electron chi connectivity index (χ3n) is 4.52. The van der Waals surface area contributed by atoms with Crippen LogP contribution in [-0.4, -0.2) is 42.0 Å². The van der Waals surface area contributed by atoms with Crippen LogP contribution >= 0.6 is 0 Å². The molecule has 3 rings (SSSR count). The van der Waals surface area contributed by atoms with Crippen LogP contribution in [0, 0.1) is 0 Å². The molecule has 0 N–H and O–H groups in total. The van der Waals surface area contributed by atoms with Crippen LogP contribution < -0.4 is 4.90 Å². The molecule has 21 heavy (non-hydrogen) atoms. The third-order valence-corrected chi connectivity index (χ3v) is 4.52. The number of amides is 1. The van der Waals surface area contributed by atoms with Gasteiger partial charge in [0.05, 0.1) is 5.56 Å². The molecule has 1 aromatic heterocycles. The Morgan fingerprint density at radius 1 is 1.05 bits per heavy atom. The lowest BCUT2D eigenvalue weighted by Crippen LogP contribution is -2.31. The number of hydrogen-bond donors (Lipinski definition) is 0. The topological polar surface area (TPSA) is 36.4 Å². The van der Waals surface area contributed by atoms with Crippen LogP contribution in [0.1, 0.15) is 61.5 Å². The SMILES string of the molecule is CC(C)c1ccc(C(=O)N2CCCC2)c(N2CCCC2)n1. The van der Waals surface area contributed by atoms with E-state index < -0.39 is 0 Å². The van der Waals surface area contributed by atoms with Gasteiger partial charge in [-0.15, -0.1) is 0 Å². The van der Waals surface area contributed by atoms with Crippen LogP contribution in [0.5, 0.6) is 0 Å². The Morgan fingerprint density at radius 2 is 1.67 bits per heavy atom. The zero-order valence-corrected chi connectivity index (χ0v) is 13.1. The number of pyridine rings is 1. The fourth-order valence-corrected chi connectivity index (χ4v) is 3.21. The van der Waals surface area contributed by atoms with E-state index in [1.807, 2.05) is 17.0 Å². The number of likely N-dealkylation sites (tertiary alicyclic amines) is 1. The molecule has 4 heteroatoms. The number of carbonyl (C=O) groups is 1. The maximum Gasteiger partial charge on any atom is 0.257 e. The Labute approximate surface area is 127 Å². The van der Waals surface area contributed by atoms with Gasteiger partial charge in [-0.1, -0.05) is 13.8 Å². The molecular formula is C17H25N3O. The number of rotatable bonds is 3. The van der Waals surface area contributed by atoms with E-state index in [2.05, 4.69) is 18.7 Å². The molecule has 0 saturated carbocycles. The first-order valence-corrected chi connectivity index (χ1v) is 8.22. The zero-order valence-electron chi connectivity index (χ0n) is 13.1. The van der Waals surface area contributed by atoms with Crippen molar-refractivity contribution in [3.63, 3.8) is 0 Å². The minimum atomic E-state index is 0.164. The highest BCUT2D eigenvalue weighted by Crippen LogP contribution is 2.27. The Kier molecular flexibility index (Phi) is 4.13. The highest BCUT2D eigenvalue weighted by molar-refractivity contribution is 5.99.